The largest absolute Gasteiger partial charge is 0.399 e. The average molecular weight is 404 g/mol. The molecule has 0 aliphatic heterocycles. The minimum atomic E-state index is -4.54. The molecule has 1 saturated carbocycles. The molecular weight excluding hydrogens is 373 g/mol. The second kappa shape index (κ2) is 8.26. The van der Waals surface area contributed by atoms with Gasteiger partial charge in [0.1, 0.15) is 0 Å². The van der Waals surface area contributed by atoms with E-state index in [1.807, 2.05) is 6.92 Å². The number of carbonyl (C=O) groups excluding carboxylic acids is 1. The molecule has 0 amide bonds. The first-order chi connectivity index (χ1) is 12.5. The van der Waals surface area contributed by atoms with Crippen molar-refractivity contribution in [3.63, 3.8) is 0 Å². The third-order valence-corrected chi connectivity index (χ3v) is 8.27. The summed E-state index contributed by atoms with van der Waals surface area (Å²) in [6.07, 6.45) is 3.57. The molecule has 2 aliphatic rings. The van der Waals surface area contributed by atoms with Gasteiger partial charge in [0.05, 0.1) is 13.2 Å². The molecule has 0 unspecified atom stereocenters. The first kappa shape index (κ1) is 22.4. The van der Waals surface area contributed by atoms with Crippen molar-refractivity contribution in [1.29, 1.82) is 0 Å². The van der Waals surface area contributed by atoms with Crippen LogP contribution in [0.15, 0.2) is 23.8 Å². The minimum absolute atomic E-state index is 0.106. The number of halogens is 2. The smallest absolute Gasteiger partial charge is 0.305 e. The second-order valence-electron chi connectivity index (χ2n) is 7.93. The SMILES string of the molecule is C=C(CC(F)(F)P(=O)(OCC)OCC)[C@@H]1CCC2=CC(=O)C[C@@H](C)[C@]2(C)C1. The van der Waals surface area contributed by atoms with E-state index in [9.17, 15) is 18.1 Å². The molecule has 2 aliphatic carbocycles. The third kappa shape index (κ3) is 4.44. The number of ketones is 1. The lowest BCUT2D eigenvalue weighted by molar-refractivity contribution is -0.117. The highest BCUT2D eigenvalue weighted by Gasteiger charge is 2.54. The Morgan fingerprint density at radius 3 is 2.52 bits per heavy atom. The highest BCUT2D eigenvalue weighted by Crippen LogP contribution is 2.64. The van der Waals surface area contributed by atoms with Gasteiger partial charge in [-0.1, -0.05) is 31.6 Å². The quantitative estimate of drug-likeness (QED) is 0.361. The summed E-state index contributed by atoms with van der Waals surface area (Å²) in [7, 11) is -4.54. The Labute approximate surface area is 160 Å². The summed E-state index contributed by atoms with van der Waals surface area (Å²) in [6.45, 7) is 10.9. The van der Waals surface area contributed by atoms with Gasteiger partial charge in [-0.25, -0.2) is 0 Å². The number of rotatable bonds is 8. The van der Waals surface area contributed by atoms with Crippen molar-refractivity contribution in [2.24, 2.45) is 17.3 Å². The zero-order valence-corrected chi connectivity index (χ0v) is 17.6. The number of alkyl halides is 2. The fourth-order valence-corrected chi connectivity index (χ4v) is 5.85. The topological polar surface area (TPSA) is 52.6 Å². The summed E-state index contributed by atoms with van der Waals surface area (Å²) in [6, 6.07) is 0. The summed E-state index contributed by atoms with van der Waals surface area (Å²) in [5.74, 6) is 0.206. The predicted molar refractivity (Wildman–Crippen MR) is 102 cm³/mol. The fraction of sp³-hybridized carbons (Fsp3) is 0.750. The lowest BCUT2D eigenvalue weighted by Gasteiger charge is -2.47. The lowest BCUT2D eigenvalue weighted by atomic mass is 9.57. The van der Waals surface area contributed by atoms with Gasteiger partial charge in [-0.05, 0) is 56.4 Å². The highest BCUT2D eigenvalue weighted by atomic mass is 31.2. The maximum absolute atomic E-state index is 14.8. The van der Waals surface area contributed by atoms with Crippen LogP contribution < -0.4 is 0 Å². The molecule has 2 rings (SSSR count). The van der Waals surface area contributed by atoms with Crippen molar-refractivity contribution >= 4 is 13.4 Å². The molecule has 1 fully saturated rings. The summed E-state index contributed by atoms with van der Waals surface area (Å²) >= 11 is 0. The predicted octanol–water partition coefficient (Wildman–Crippen LogP) is 6.13. The molecule has 7 heteroatoms. The lowest BCUT2D eigenvalue weighted by Crippen LogP contribution is -2.39. The first-order valence-electron chi connectivity index (χ1n) is 9.67. The summed E-state index contributed by atoms with van der Waals surface area (Å²) in [5.41, 5.74) is -2.29. The molecule has 0 spiro atoms. The van der Waals surface area contributed by atoms with Crippen LogP contribution in [0.4, 0.5) is 8.78 Å². The van der Waals surface area contributed by atoms with Crippen LogP contribution in [0.2, 0.25) is 0 Å². The van der Waals surface area contributed by atoms with Crippen LogP contribution in [0.3, 0.4) is 0 Å². The minimum Gasteiger partial charge on any atom is -0.305 e. The Kier molecular flexibility index (Phi) is 6.87. The normalized spacial score (nSPS) is 29.3. The molecule has 4 nitrogen and oxygen atoms in total. The summed E-state index contributed by atoms with van der Waals surface area (Å²) in [4.78, 5) is 11.9. The van der Waals surface area contributed by atoms with Gasteiger partial charge in [-0.3, -0.25) is 9.36 Å². The van der Waals surface area contributed by atoms with E-state index in [0.717, 1.165) is 5.57 Å². The highest BCUT2D eigenvalue weighted by molar-refractivity contribution is 7.55. The van der Waals surface area contributed by atoms with Crippen molar-refractivity contribution < 1.29 is 27.2 Å². The van der Waals surface area contributed by atoms with E-state index in [4.69, 9.17) is 9.05 Å². The zero-order valence-electron chi connectivity index (χ0n) is 16.7. The standard InChI is InChI=1S/C20H31F2O4P/c1-6-25-27(24,26-7-2)20(21,22)12-14(3)16-8-9-17-11-18(23)10-15(4)19(17,5)13-16/h11,15-16H,3,6-10,12-13H2,1-2,4-5H3/t15-,16-,19+/m1/s1. The van der Waals surface area contributed by atoms with Gasteiger partial charge >= 0.3 is 13.3 Å². The molecular formula is C20H31F2O4P. The molecule has 0 saturated heterocycles. The Morgan fingerprint density at radius 2 is 1.96 bits per heavy atom. The van der Waals surface area contributed by atoms with Gasteiger partial charge in [0.25, 0.3) is 0 Å². The van der Waals surface area contributed by atoms with Gasteiger partial charge in [0.2, 0.25) is 0 Å². The van der Waals surface area contributed by atoms with Crippen LogP contribution in [-0.4, -0.2) is 24.7 Å². The van der Waals surface area contributed by atoms with Crippen molar-refractivity contribution in [1.82, 2.24) is 0 Å². The van der Waals surface area contributed by atoms with Gasteiger partial charge in [0.15, 0.2) is 5.78 Å². The van der Waals surface area contributed by atoms with E-state index in [1.165, 1.54) is 13.8 Å². The van der Waals surface area contributed by atoms with Crippen molar-refractivity contribution in [2.75, 3.05) is 13.2 Å². The molecule has 0 heterocycles. The van der Waals surface area contributed by atoms with E-state index >= 15 is 0 Å². The van der Waals surface area contributed by atoms with E-state index in [1.54, 1.807) is 6.08 Å². The Bertz CT molecular complexity index is 663. The number of hydrogen-bond acceptors (Lipinski definition) is 4. The van der Waals surface area contributed by atoms with E-state index in [-0.39, 0.29) is 36.2 Å². The van der Waals surface area contributed by atoms with E-state index < -0.39 is 19.7 Å². The van der Waals surface area contributed by atoms with Gasteiger partial charge in [-0.2, -0.15) is 8.78 Å². The molecule has 0 N–H and O–H groups in total. The van der Waals surface area contributed by atoms with Crippen LogP contribution in [0.1, 0.15) is 59.8 Å². The van der Waals surface area contributed by atoms with Crippen LogP contribution in [-0.2, 0) is 18.4 Å². The van der Waals surface area contributed by atoms with Gasteiger partial charge in [-0.15, -0.1) is 0 Å². The Balaban J connectivity index is 2.15. The second-order valence-corrected chi connectivity index (χ2v) is 10.1. The molecule has 154 valence electrons. The number of fused-ring (bicyclic) bond motifs is 1. The molecule has 3 atom stereocenters. The van der Waals surface area contributed by atoms with E-state index in [2.05, 4.69) is 13.5 Å². The van der Waals surface area contributed by atoms with Crippen LogP contribution in [0.25, 0.3) is 0 Å². The Morgan fingerprint density at radius 1 is 1.37 bits per heavy atom. The van der Waals surface area contributed by atoms with Gasteiger partial charge in [0, 0.05) is 12.8 Å². The van der Waals surface area contributed by atoms with Crippen LogP contribution in [0.5, 0.6) is 0 Å². The molecule has 0 radical (unpaired) electrons. The zero-order chi connectivity index (χ0) is 20.5. The third-order valence-electron chi connectivity index (χ3n) is 6.11. The summed E-state index contributed by atoms with van der Waals surface area (Å²) < 4.78 is 51.8. The monoisotopic (exact) mass is 404 g/mol. The molecule has 0 aromatic carbocycles. The number of carbonyl (C=O) groups is 1. The van der Waals surface area contributed by atoms with Crippen molar-refractivity contribution in [3.8, 4) is 0 Å². The number of hydrogen-bond donors (Lipinski definition) is 0. The molecule has 0 aromatic heterocycles. The van der Waals surface area contributed by atoms with Crippen molar-refractivity contribution in [2.45, 2.75) is 65.5 Å². The van der Waals surface area contributed by atoms with E-state index in [0.29, 0.717) is 31.3 Å². The molecule has 27 heavy (non-hydrogen) atoms. The molecule has 0 aromatic rings. The Hall–Kier alpha value is -0.840. The maximum Gasteiger partial charge on any atom is 0.399 e. The molecule has 0 bridgehead atoms. The fourth-order valence-electron chi connectivity index (χ4n) is 4.32. The van der Waals surface area contributed by atoms with Crippen LogP contribution >= 0.6 is 7.60 Å². The summed E-state index contributed by atoms with van der Waals surface area (Å²) in [5, 5.41) is 0. The maximum atomic E-state index is 14.8. The average Bonchev–Trinajstić information content (AvgIpc) is 2.55. The van der Waals surface area contributed by atoms with Crippen LogP contribution in [0, 0.1) is 17.3 Å². The van der Waals surface area contributed by atoms with Gasteiger partial charge < -0.3 is 9.05 Å². The first-order valence-corrected chi connectivity index (χ1v) is 11.2. The van der Waals surface area contributed by atoms with Crippen molar-refractivity contribution in [3.05, 3.63) is 23.8 Å². The number of allylic oxidation sites excluding steroid dienone is 3.